The fourth-order valence-electron chi connectivity index (χ4n) is 3.64. The van der Waals surface area contributed by atoms with Crippen LogP contribution in [-0.2, 0) is 19.4 Å². The van der Waals surface area contributed by atoms with Gasteiger partial charge >= 0.3 is 0 Å². The van der Waals surface area contributed by atoms with Crippen molar-refractivity contribution in [3.05, 3.63) is 90.2 Å². The Hall–Kier alpha value is -3.52. The summed E-state index contributed by atoms with van der Waals surface area (Å²) in [5, 5.41) is 1.49. The topological polar surface area (TPSA) is 83.6 Å². The average molecular weight is 438 g/mol. The minimum absolute atomic E-state index is 0.00624. The molecule has 158 valence electrons. The number of anilines is 2. The smallest absolute Gasteiger partial charge is 0.244 e. The predicted octanol–water partition coefficient (Wildman–Crippen LogP) is 3.72. The standard InChI is InChI=1S/C23H19FN2O4S/c24-17-9-6-10-18(13-17)25-22(27)15-26-19-11-4-5-12-20(19)31(29,30)21(14-23(26)28)16-7-2-1-3-8-16/h1-13,21H,14-15H2,(H,25,27)/t21-/m0/s1. The van der Waals surface area contributed by atoms with E-state index in [4.69, 9.17) is 0 Å². The number of halogens is 1. The number of amides is 2. The van der Waals surface area contributed by atoms with E-state index in [-0.39, 0.29) is 22.7 Å². The van der Waals surface area contributed by atoms with Crippen LogP contribution in [0.1, 0.15) is 17.2 Å². The van der Waals surface area contributed by atoms with E-state index in [1.165, 1.54) is 35.2 Å². The van der Waals surface area contributed by atoms with Crippen LogP contribution in [0.4, 0.5) is 15.8 Å². The Labute approximate surface area is 179 Å². The van der Waals surface area contributed by atoms with Gasteiger partial charge in [0.25, 0.3) is 0 Å². The zero-order valence-corrected chi connectivity index (χ0v) is 17.2. The van der Waals surface area contributed by atoms with Crippen molar-refractivity contribution in [2.75, 3.05) is 16.8 Å². The quantitative estimate of drug-likeness (QED) is 0.673. The molecule has 1 aliphatic rings. The minimum atomic E-state index is -3.88. The Morgan fingerprint density at radius 3 is 2.45 bits per heavy atom. The van der Waals surface area contributed by atoms with Crippen LogP contribution in [0.5, 0.6) is 0 Å². The first kappa shape index (κ1) is 20.7. The monoisotopic (exact) mass is 438 g/mol. The van der Waals surface area contributed by atoms with E-state index in [9.17, 15) is 22.4 Å². The number of para-hydroxylation sites is 1. The van der Waals surface area contributed by atoms with E-state index >= 15 is 0 Å². The lowest BCUT2D eigenvalue weighted by molar-refractivity contribution is -0.121. The maximum Gasteiger partial charge on any atom is 0.244 e. The van der Waals surface area contributed by atoms with Gasteiger partial charge in [-0.25, -0.2) is 12.8 Å². The van der Waals surface area contributed by atoms with Crippen LogP contribution in [0, 0.1) is 5.82 Å². The Bertz CT molecular complexity index is 1250. The van der Waals surface area contributed by atoms with Gasteiger partial charge in [0.15, 0.2) is 9.84 Å². The van der Waals surface area contributed by atoms with Gasteiger partial charge in [0, 0.05) is 12.1 Å². The van der Waals surface area contributed by atoms with Gasteiger partial charge < -0.3 is 10.2 Å². The number of carbonyl (C=O) groups is 2. The maximum atomic E-state index is 13.4. The highest BCUT2D eigenvalue weighted by Gasteiger charge is 2.39. The van der Waals surface area contributed by atoms with Crippen LogP contribution in [0.3, 0.4) is 0 Å². The predicted molar refractivity (Wildman–Crippen MR) is 115 cm³/mol. The summed E-state index contributed by atoms with van der Waals surface area (Å²) < 4.78 is 40.2. The Balaban J connectivity index is 1.69. The first-order valence-corrected chi connectivity index (χ1v) is 11.1. The van der Waals surface area contributed by atoms with Crippen LogP contribution in [0.15, 0.2) is 83.8 Å². The summed E-state index contributed by atoms with van der Waals surface area (Å²) in [6.45, 7) is -0.399. The van der Waals surface area contributed by atoms with E-state index < -0.39 is 39.3 Å². The molecule has 8 heteroatoms. The molecule has 0 unspecified atom stereocenters. The van der Waals surface area contributed by atoms with E-state index in [2.05, 4.69) is 5.32 Å². The zero-order valence-electron chi connectivity index (χ0n) is 16.4. The summed E-state index contributed by atoms with van der Waals surface area (Å²) in [5.74, 6) is -1.56. The Morgan fingerprint density at radius 2 is 1.71 bits per heavy atom. The minimum Gasteiger partial charge on any atom is -0.324 e. The molecule has 0 aromatic heterocycles. The molecule has 3 aromatic carbocycles. The highest BCUT2D eigenvalue weighted by atomic mass is 32.2. The van der Waals surface area contributed by atoms with Gasteiger partial charge in [-0.15, -0.1) is 0 Å². The van der Waals surface area contributed by atoms with E-state index in [0.29, 0.717) is 5.56 Å². The van der Waals surface area contributed by atoms with Gasteiger partial charge in [0.05, 0.1) is 15.8 Å². The largest absolute Gasteiger partial charge is 0.324 e. The summed E-state index contributed by atoms with van der Waals surface area (Å²) >= 11 is 0. The van der Waals surface area contributed by atoms with Gasteiger partial charge in [-0.2, -0.15) is 0 Å². The first-order valence-electron chi connectivity index (χ1n) is 9.60. The normalized spacial score (nSPS) is 17.5. The van der Waals surface area contributed by atoms with E-state index in [0.717, 1.165) is 6.07 Å². The number of rotatable bonds is 4. The molecule has 0 spiro atoms. The first-order chi connectivity index (χ1) is 14.9. The lowest BCUT2D eigenvalue weighted by Crippen LogP contribution is -2.38. The van der Waals surface area contributed by atoms with Crippen molar-refractivity contribution in [2.45, 2.75) is 16.6 Å². The summed E-state index contributed by atoms with van der Waals surface area (Å²) in [4.78, 5) is 26.9. The molecule has 0 bridgehead atoms. The molecule has 1 heterocycles. The summed E-state index contributed by atoms with van der Waals surface area (Å²) in [5.41, 5.74) is 0.910. The summed E-state index contributed by atoms with van der Waals surface area (Å²) in [6.07, 6.45) is -0.297. The molecular formula is C23H19FN2O4S. The van der Waals surface area contributed by atoms with Crippen molar-refractivity contribution in [1.29, 1.82) is 0 Å². The molecule has 4 rings (SSSR count). The van der Waals surface area contributed by atoms with E-state index in [1.807, 2.05) is 0 Å². The van der Waals surface area contributed by atoms with Gasteiger partial charge in [-0.05, 0) is 35.9 Å². The number of fused-ring (bicyclic) bond motifs is 1. The number of hydrogen-bond acceptors (Lipinski definition) is 4. The van der Waals surface area contributed by atoms with E-state index in [1.54, 1.807) is 42.5 Å². The molecule has 1 atom stereocenters. The van der Waals surface area contributed by atoms with Crippen LogP contribution in [0.2, 0.25) is 0 Å². The average Bonchev–Trinajstić information content (AvgIpc) is 2.83. The molecule has 0 radical (unpaired) electrons. The molecule has 0 aliphatic carbocycles. The second-order valence-electron chi connectivity index (χ2n) is 7.15. The number of nitrogens with zero attached hydrogens (tertiary/aromatic N) is 1. The van der Waals surface area contributed by atoms with Crippen molar-refractivity contribution in [2.24, 2.45) is 0 Å². The van der Waals surface area contributed by atoms with Crippen LogP contribution in [-0.4, -0.2) is 26.8 Å². The molecular weight excluding hydrogens is 419 g/mol. The third kappa shape index (κ3) is 4.20. The maximum absolute atomic E-state index is 13.4. The van der Waals surface area contributed by atoms with Crippen molar-refractivity contribution >= 4 is 33.0 Å². The van der Waals surface area contributed by atoms with Crippen LogP contribution < -0.4 is 10.2 Å². The fourth-order valence-corrected chi connectivity index (χ4v) is 5.56. The molecule has 0 saturated carbocycles. The van der Waals surface area contributed by atoms with Crippen LogP contribution >= 0.6 is 0 Å². The summed E-state index contributed by atoms with van der Waals surface area (Å²) in [6, 6.07) is 20.1. The van der Waals surface area contributed by atoms with Crippen molar-refractivity contribution in [1.82, 2.24) is 0 Å². The second kappa shape index (κ2) is 8.31. The summed E-state index contributed by atoms with van der Waals surface area (Å²) in [7, 11) is -3.88. The molecule has 0 fully saturated rings. The van der Waals surface area contributed by atoms with Gasteiger partial charge in [0.1, 0.15) is 12.4 Å². The Kier molecular flexibility index (Phi) is 5.56. The third-order valence-electron chi connectivity index (χ3n) is 5.08. The molecule has 2 amide bonds. The second-order valence-corrected chi connectivity index (χ2v) is 9.25. The number of benzene rings is 3. The molecule has 6 nitrogen and oxygen atoms in total. The number of nitrogens with one attached hydrogen (secondary N) is 1. The fraction of sp³-hybridized carbons (Fsp3) is 0.130. The Morgan fingerprint density at radius 1 is 1.00 bits per heavy atom. The molecule has 1 N–H and O–H groups in total. The van der Waals surface area contributed by atoms with Gasteiger partial charge in [0.2, 0.25) is 11.8 Å². The number of hydrogen-bond donors (Lipinski definition) is 1. The third-order valence-corrected chi connectivity index (χ3v) is 7.23. The lowest BCUT2D eigenvalue weighted by atomic mass is 10.1. The van der Waals surface area contributed by atoms with Gasteiger partial charge in [-0.3, -0.25) is 9.59 Å². The zero-order chi connectivity index (χ0) is 22.0. The lowest BCUT2D eigenvalue weighted by Gasteiger charge is -2.21. The molecule has 1 aliphatic heterocycles. The SMILES string of the molecule is O=C(CN1C(=O)C[C@@H](c2ccccc2)S(=O)(=O)c2ccccc21)Nc1cccc(F)c1. The highest BCUT2D eigenvalue weighted by molar-refractivity contribution is 7.92. The molecule has 31 heavy (non-hydrogen) atoms. The van der Waals surface area contributed by atoms with Crippen molar-refractivity contribution < 1.29 is 22.4 Å². The van der Waals surface area contributed by atoms with Crippen molar-refractivity contribution in [3.8, 4) is 0 Å². The van der Waals surface area contributed by atoms with Crippen LogP contribution in [0.25, 0.3) is 0 Å². The van der Waals surface area contributed by atoms with Gasteiger partial charge in [-0.1, -0.05) is 48.5 Å². The van der Waals surface area contributed by atoms with Crippen molar-refractivity contribution in [3.63, 3.8) is 0 Å². The highest BCUT2D eigenvalue weighted by Crippen LogP contribution is 2.40. The number of carbonyl (C=O) groups excluding carboxylic acids is 2. The molecule has 3 aromatic rings. The number of sulfone groups is 1. The molecule has 0 saturated heterocycles.